The summed E-state index contributed by atoms with van der Waals surface area (Å²) >= 11 is 0. The van der Waals surface area contributed by atoms with E-state index >= 15 is 0 Å². The van der Waals surface area contributed by atoms with Crippen LogP contribution in [-0.2, 0) is 9.47 Å². The van der Waals surface area contributed by atoms with Gasteiger partial charge in [0, 0.05) is 19.4 Å². The molecule has 1 aliphatic carbocycles. The summed E-state index contributed by atoms with van der Waals surface area (Å²) in [6, 6.07) is 0. The largest absolute Gasteiger partial charge is 0.396 e. The molecule has 80 valence electrons. The van der Waals surface area contributed by atoms with Crippen LogP contribution in [0.4, 0.5) is 0 Å². The lowest BCUT2D eigenvalue weighted by molar-refractivity contribution is -0.189. The second-order valence-electron chi connectivity index (χ2n) is 3.75. The molecule has 1 saturated heterocycles. The predicted octanol–water partition coefficient (Wildman–Crippen LogP) is 1.16. The van der Waals surface area contributed by atoms with Gasteiger partial charge in [-0.15, -0.1) is 12.8 Å². The minimum absolute atomic E-state index is 0.272. The zero-order chi connectivity index (χ0) is 10.4. The van der Waals surface area contributed by atoms with E-state index in [2.05, 4.69) is 12.8 Å². The van der Waals surface area contributed by atoms with Gasteiger partial charge in [-0.1, -0.05) is 0 Å². The molecule has 14 heavy (non-hydrogen) atoms. The van der Waals surface area contributed by atoms with E-state index in [-0.39, 0.29) is 12.4 Å². The summed E-state index contributed by atoms with van der Waals surface area (Å²) in [6.07, 6.45) is 12.1. The maximum Gasteiger partial charge on any atom is 0.168 e. The monoisotopic (exact) mass is 198 g/mol. The minimum Gasteiger partial charge on any atom is -0.396 e. The number of ether oxygens (including phenoxy) is 2. The van der Waals surface area contributed by atoms with Gasteiger partial charge in [-0.05, 0) is 18.8 Å². The SMILES string of the molecule is C#C.OC[C@H]1CCCC2(C1)OCCO2. The Labute approximate surface area is 85.4 Å². The average molecular weight is 198 g/mol. The lowest BCUT2D eigenvalue weighted by Gasteiger charge is -2.35. The number of aliphatic hydroxyl groups is 1. The predicted molar refractivity (Wildman–Crippen MR) is 53.6 cm³/mol. The maximum atomic E-state index is 9.02. The van der Waals surface area contributed by atoms with E-state index in [9.17, 15) is 0 Å². The Bertz CT molecular complexity index is 182. The van der Waals surface area contributed by atoms with Crippen LogP contribution in [0.3, 0.4) is 0 Å². The molecule has 3 heteroatoms. The average Bonchev–Trinajstić information content (AvgIpc) is 2.69. The third-order valence-electron chi connectivity index (χ3n) is 2.84. The van der Waals surface area contributed by atoms with Gasteiger partial charge in [0.05, 0.1) is 13.2 Å². The van der Waals surface area contributed by atoms with Gasteiger partial charge in [-0.3, -0.25) is 0 Å². The van der Waals surface area contributed by atoms with Crippen LogP contribution in [0.1, 0.15) is 25.7 Å². The number of terminal acetylenes is 1. The molecule has 0 unspecified atom stereocenters. The summed E-state index contributed by atoms with van der Waals surface area (Å²) in [4.78, 5) is 0. The van der Waals surface area contributed by atoms with Gasteiger partial charge in [-0.2, -0.15) is 0 Å². The molecule has 0 aromatic heterocycles. The molecular weight excluding hydrogens is 180 g/mol. The molecule has 1 N–H and O–H groups in total. The molecular formula is C11H18O3. The van der Waals surface area contributed by atoms with E-state index in [0.717, 1.165) is 38.9 Å². The summed E-state index contributed by atoms with van der Waals surface area (Å²) in [5.74, 6) is 0.0721. The first-order valence-corrected chi connectivity index (χ1v) is 5.07. The van der Waals surface area contributed by atoms with Crippen LogP contribution < -0.4 is 0 Å². The van der Waals surface area contributed by atoms with Crippen LogP contribution >= 0.6 is 0 Å². The molecule has 1 atom stereocenters. The smallest absolute Gasteiger partial charge is 0.168 e. The summed E-state index contributed by atoms with van der Waals surface area (Å²) in [5.41, 5.74) is 0. The first kappa shape index (κ1) is 11.5. The van der Waals surface area contributed by atoms with Crippen molar-refractivity contribution in [3.05, 3.63) is 0 Å². The van der Waals surface area contributed by atoms with E-state index in [0.29, 0.717) is 5.92 Å². The Kier molecular flexibility index (Phi) is 4.40. The molecule has 1 aliphatic heterocycles. The van der Waals surface area contributed by atoms with Crippen LogP contribution in [0.5, 0.6) is 0 Å². The molecule has 2 rings (SSSR count). The fraction of sp³-hybridized carbons (Fsp3) is 0.818. The fourth-order valence-corrected chi connectivity index (χ4v) is 2.22. The van der Waals surface area contributed by atoms with Crippen molar-refractivity contribution in [2.45, 2.75) is 31.5 Å². The van der Waals surface area contributed by atoms with Gasteiger partial charge in [-0.25, -0.2) is 0 Å². The third kappa shape index (κ3) is 2.48. The molecule has 1 spiro atoms. The first-order chi connectivity index (χ1) is 6.85. The standard InChI is InChI=1S/C9H16O3.C2H2/c10-7-8-2-1-3-9(6-8)11-4-5-12-9;1-2/h8,10H,1-7H2;1-2H/t8-;/m0./s1. The molecule has 3 nitrogen and oxygen atoms in total. The van der Waals surface area contributed by atoms with Crippen molar-refractivity contribution in [3.8, 4) is 12.8 Å². The van der Waals surface area contributed by atoms with Crippen molar-refractivity contribution in [2.75, 3.05) is 19.8 Å². The molecule has 2 aliphatic rings. The van der Waals surface area contributed by atoms with E-state index in [1.165, 1.54) is 0 Å². The molecule has 0 amide bonds. The van der Waals surface area contributed by atoms with E-state index in [1.807, 2.05) is 0 Å². The van der Waals surface area contributed by atoms with Gasteiger partial charge in [0.25, 0.3) is 0 Å². The summed E-state index contributed by atoms with van der Waals surface area (Å²) < 4.78 is 11.2. The van der Waals surface area contributed by atoms with Gasteiger partial charge in [0.15, 0.2) is 5.79 Å². The van der Waals surface area contributed by atoms with Crippen LogP contribution in [0.25, 0.3) is 0 Å². The lowest BCUT2D eigenvalue weighted by atomic mass is 9.85. The summed E-state index contributed by atoms with van der Waals surface area (Å²) in [6.45, 7) is 1.71. The third-order valence-corrected chi connectivity index (χ3v) is 2.84. The molecule has 0 radical (unpaired) electrons. The van der Waals surface area contributed by atoms with Crippen molar-refractivity contribution in [1.82, 2.24) is 0 Å². The van der Waals surface area contributed by atoms with E-state index in [4.69, 9.17) is 14.6 Å². The molecule has 0 bridgehead atoms. The van der Waals surface area contributed by atoms with E-state index < -0.39 is 0 Å². The summed E-state index contributed by atoms with van der Waals surface area (Å²) in [5, 5.41) is 9.02. The second-order valence-corrected chi connectivity index (χ2v) is 3.75. The Morgan fingerprint density at radius 1 is 1.29 bits per heavy atom. The Balaban J connectivity index is 0.000000461. The van der Waals surface area contributed by atoms with Crippen molar-refractivity contribution in [2.24, 2.45) is 5.92 Å². The highest BCUT2D eigenvalue weighted by Gasteiger charge is 2.40. The van der Waals surface area contributed by atoms with Crippen molar-refractivity contribution in [3.63, 3.8) is 0 Å². The highest BCUT2D eigenvalue weighted by Crippen LogP contribution is 2.38. The summed E-state index contributed by atoms with van der Waals surface area (Å²) in [7, 11) is 0. The van der Waals surface area contributed by atoms with Crippen LogP contribution in [0, 0.1) is 18.8 Å². The fourth-order valence-electron chi connectivity index (χ4n) is 2.22. The zero-order valence-electron chi connectivity index (χ0n) is 8.45. The lowest BCUT2D eigenvalue weighted by Crippen LogP contribution is -2.37. The Hall–Kier alpha value is -0.560. The van der Waals surface area contributed by atoms with Crippen LogP contribution in [0.15, 0.2) is 0 Å². The molecule has 0 aromatic rings. The zero-order valence-corrected chi connectivity index (χ0v) is 8.45. The van der Waals surface area contributed by atoms with Crippen molar-refractivity contribution >= 4 is 0 Å². The topological polar surface area (TPSA) is 38.7 Å². The number of hydrogen-bond acceptors (Lipinski definition) is 3. The van der Waals surface area contributed by atoms with Crippen molar-refractivity contribution in [1.29, 1.82) is 0 Å². The number of aliphatic hydroxyl groups excluding tert-OH is 1. The normalized spacial score (nSPS) is 29.5. The quantitative estimate of drug-likeness (QED) is 0.643. The highest BCUT2D eigenvalue weighted by molar-refractivity contribution is 4.82. The van der Waals surface area contributed by atoms with Gasteiger partial charge >= 0.3 is 0 Å². The molecule has 2 fully saturated rings. The molecule has 0 aromatic carbocycles. The van der Waals surface area contributed by atoms with Gasteiger partial charge in [0.2, 0.25) is 0 Å². The highest BCUT2D eigenvalue weighted by atomic mass is 16.7. The number of hydrogen-bond donors (Lipinski definition) is 1. The van der Waals surface area contributed by atoms with Crippen LogP contribution in [-0.4, -0.2) is 30.7 Å². The number of rotatable bonds is 1. The second kappa shape index (κ2) is 5.35. The van der Waals surface area contributed by atoms with E-state index in [1.54, 1.807) is 0 Å². The van der Waals surface area contributed by atoms with Gasteiger partial charge < -0.3 is 14.6 Å². The van der Waals surface area contributed by atoms with Gasteiger partial charge in [0.1, 0.15) is 0 Å². The molecule has 1 heterocycles. The maximum absolute atomic E-state index is 9.02. The Morgan fingerprint density at radius 3 is 2.50 bits per heavy atom. The molecule has 1 saturated carbocycles. The van der Waals surface area contributed by atoms with Crippen LogP contribution in [0.2, 0.25) is 0 Å². The Morgan fingerprint density at radius 2 is 1.93 bits per heavy atom. The van der Waals surface area contributed by atoms with Crippen molar-refractivity contribution < 1.29 is 14.6 Å². The first-order valence-electron chi connectivity index (χ1n) is 5.07. The minimum atomic E-state index is -0.314.